The predicted molar refractivity (Wildman–Crippen MR) is 463 cm³/mol. The van der Waals surface area contributed by atoms with Gasteiger partial charge in [-0.15, -0.1) is 34.0 Å². The summed E-state index contributed by atoms with van der Waals surface area (Å²) in [6, 6.07) is 0. The standard InChI is InChI=1S/3C7H11NS.3C6H11N3.C6H13N3.C6H11N3.8C4H10/c1-6(2)3-7-4-9-5-8-7;1-6(2)3-7-4-8-5-9-7;1-6(2)5-7-8-3-4-9-7;1-6(2)3-9-5-7-4-8-9;2*1-5(2)3-6-7-4-8-9-6;2*1-5(2)3-6-4-7-9-8-6;8*1-4(2)3/h2*4-6H,3H2,1-2H3;3-4,6H,5H2,1-2H3;4-6H,3H2,1-2H3;2*4-5H,3H2,1-2H3,(H,7,8,9);4-5,7-9H,3H2,1-2H3;4-5H,3H2,1-2H3,(H,7,8,9);8*4H,1-3H3. The van der Waals surface area contributed by atoms with Crippen LogP contribution in [-0.2, 0) is 45.1 Å². The maximum Gasteiger partial charge on any atom is 0.137 e. The first-order valence-corrected chi connectivity index (χ1v) is 41.8. The Bertz CT molecular complexity index is 2070. The topological polar surface area (TPSA) is 230 Å². The largest absolute Gasteiger partial charge is 0.310 e. The van der Waals surface area contributed by atoms with Crippen LogP contribution in [0.15, 0.2) is 77.6 Å². The van der Waals surface area contributed by atoms with Gasteiger partial charge in [0.25, 0.3) is 0 Å². The van der Waals surface area contributed by atoms with E-state index in [1.165, 1.54) is 40.4 Å². The van der Waals surface area contributed by atoms with Crippen LogP contribution in [0.4, 0.5) is 0 Å². The van der Waals surface area contributed by atoms with Gasteiger partial charge in [-0.05, 0) is 120 Å². The van der Waals surface area contributed by atoms with Gasteiger partial charge in [0.15, 0.2) is 0 Å². The first kappa shape index (κ1) is 115. The van der Waals surface area contributed by atoms with Crippen LogP contribution < -0.4 is 16.4 Å². The Balaban J connectivity index is -0.000000160. The highest BCUT2D eigenvalue weighted by Crippen LogP contribution is 2.12. The van der Waals surface area contributed by atoms with Crippen molar-refractivity contribution in [2.45, 2.75) is 328 Å². The summed E-state index contributed by atoms with van der Waals surface area (Å²) >= 11 is 5.15. The molecule has 0 saturated carbocycles. The van der Waals surface area contributed by atoms with Gasteiger partial charge in [-0.1, -0.05) is 277 Å². The highest BCUT2D eigenvalue weighted by Gasteiger charge is 2.04. The smallest absolute Gasteiger partial charge is 0.137 e. The summed E-state index contributed by atoms with van der Waals surface area (Å²) in [5, 5.41) is 32.6. The number of aromatic nitrogens is 15. The molecule has 0 bridgehead atoms. The Hall–Kier alpha value is -5.25. The number of thiazole rings is 3. The highest BCUT2D eigenvalue weighted by molar-refractivity contribution is 7.09. The normalized spacial score (nSPS) is 10.6. The Morgan fingerprint density at radius 2 is 0.798 bits per heavy atom. The van der Waals surface area contributed by atoms with Crippen molar-refractivity contribution < 1.29 is 0 Å². The second-order valence-electron chi connectivity index (χ2n) is 34.3. The van der Waals surface area contributed by atoms with E-state index in [4.69, 9.17) is 0 Å². The van der Waals surface area contributed by atoms with Gasteiger partial charge < -0.3 is 10.9 Å². The Morgan fingerprint density at radius 3 is 1.07 bits per heavy atom. The lowest BCUT2D eigenvalue weighted by Gasteiger charge is -2.04. The lowest BCUT2D eigenvalue weighted by Crippen LogP contribution is -2.31. The molecule has 0 unspecified atom stereocenters. The van der Waals surface area contributed by atoms with E-state index in [9.17, 15) is 0 Å². The predicted octanol–water partition coefficient (Wildman–Crippen LogP) is 24.8. The number of hydrazine groups is 2. The van der Waals surface area contributed by atoms with Crippen LogP contribution in [0.1, 0.15) is 316 Å². The van der Waals surface area contributed by atoms with Crippen molar-refractivity contribution in [1.29, 1.82) is 0 Å². The third kappa shape index (κ3) is 130. The minimum atomic E-state index is 0.645. The summed E-state index contributed by atoms with van der Waals surface area (Å²) in [5.74, 6) is 14.2. The van der Waals surface area contributed by atoms with Crippen LogP contribution in [-0.4, -0.2) is 75.5 Å². The molecule has 0 amide bonds. The molecule has 0 radical (unpaired) electrons. The minimum Gasteiger partial charge on any atom is -0.310 e. The zero-order valence-electron chi connectivity index (χ0n) is 74.9. The van der Waals surface area contributed by atoms with Gasteiger partial charge in [-0.3, -0.25) is 19.9 Å². The number of H-pyrrole nitrogens is 3. The number of hydrogen-bond acceptors (Lipinski definition) is 17. The second-order valence-corrected chi connectivity index (χ2v) is 37.0. The van der Waals surface area contributed by atoms with E-state index in [-0.39, 0.29) is 0 Å². The van der Waals surface area contributed by atoms with E-state index in [2.05, 4.69) is 370 Å². The van der Waals surface area contributed by atoms with E-state index in [0.29, 0.717) is 29.6 Å². The van der Waals surface area contributed by atoms with Gasteiger partial charge in [0, 0.05) is 65.7 Å². The van der Waals surface area contributed by atoms with Crippen LogP contribution in [0.25, 0.3) is 0 Å². The monoisotopic (exact) mass is 1520 g/mol. The molecular formula is C83H170N18S3. The summed E-state index contributed by atoms with van der Waals surface area (Å²) in [6.07, 6.45) is 21.4. The molecule has 0 atom stereocenters. The van der Waals surface area contributed by atoms with Crippen molar-refractivity contribution in [2.75, 3.05) is 0 Å². The van der Waals surface area contributed by atoms with Crippen LogP contribution in [0.3, 0.4) is 0 Å². The van der Waals surface area contributed by atoms with Gasteiger partial charge >= 0.3 is 0 Å². The fourth-order valence-corrected chi connectivity index (χ4v) is 8.11. The van der Waals surface area contributed by atoms with Crippen molar-refractivity contribution in [3.05, 3.63) is 110 Å². The fraction of sp³-hybridized carbons (Fsp3) is 0.771. The molecule has 0 fully saturated rings. The molecule has 0 aromatic carbocycles. The van der Waals surface area contributed by atoms with E-state index < -0.39 is 0 Å². The van der Waals surface area contributed by atoms with Crippen LogP contribution in [0, 0.1) is 94.7 Å². The average molecular weight is 1520 g/mol. The number of nitrogens with zero attached hydrogens (tertiary/aromatic N) is 12. The molecule has 7 aromatic heterocycles. The van der Waals surface area contributed by atoms with Crippen LogP contribution in [0.2, 0.25) is 0 Å². The molecule has 610 valence electrons. The summed E-state index contributed by atoms with van der Waals surface area (Å²) in [6.45, 7) is 87.9. The van der Waals surface area contributed by atoms with E-state index >= 15 is 0 Å². The van der Waals surface area contributed by atoms with Gasteiger partial charge in [-0.25, -0.2) is 24.9 Å². The van der Waals surface area contributed by atoms with Crippen molar-refractivity contribution in [2.24, 2.45) is 94.7 Å². The molecule has 1 aliphatic rings. The quantitative estimate of drug-likeness (QED) is 0.0529. The van der Waals surface area contributed by atoms with Crippen molar-refractivity contribution in [3.63, 3.8) is 0 Å². The molecule has 104 heavy (non-hydrogen) atoms. The third-order valence-corrected chi connectivity index (χ3v) is 10.9. The lowest BCUT2D eigenvalue weighted by molar-refractivity contribution is 0.482. The molecular weight excluding hydrogens is 1350 g/mol. The zero-order chi connectivity index (χ0) is 82.1. The van der Waals surface area contributed by atoms with E-state index in [0.717, 1.165) is 128 Å². The Morgan fingerprint density at radius 1 is 0.385 bits per heavy atom. The Kier molecular flexibility index (Phi) is 88.5. The van der Waals surface area contributed by atoms with E-state index in [1.807, 2.05) is 39.7 Å². The highest BCUT2D eigenvalue weighted by atomic mass is 32.1. The summed E-state index contributed by atoms with van der Waals surface area (Å²) in [7, 11) is 0. The zero-order valence-corrected chi connectivity index (χ0v) is 77.4. The molecule has 0 aliphatic carbocycles. The maximum absolute atomic E-state index is 4.17. The van der Waals surface area contributed by atoms with Crippen molar-refractivity contribution in [3.8, 4) is 0 Å². The summed E-state index contributed by atoms with van der Waals surface area (Å²) in [5.41, 5.74) is 15.9. The number of aromatic amines is 3. The van der Waals surface area contributed by atoms with E-state index in [1.54, 1.807) is 52.9 Å². The average Bonchev–Trinajstić information content (AvgIpc) is 2.00. The van der Waals surface area contributed by atoms with Crippen molar-refractivity contribution >= 4 is 34.0 Å². The number of rotatable bonds is 16. The van der Waals surface area contributed by atoms with Gasteiger partial charge in [-0.2, -0.15) is 36.2 Å². The summed E-state index contributed by atoms with van der Waals surface area (Å²) in [4.78, 5) is 25.5. The molecule has 7 aromatic rings. The first-order chi connectivity index (χ1) is 48.2. The molecule has 0 saturated heterocycles. The molecule has 18 nitrogen and oxygen atoms in total. The van der Waals surface area contributed by atoms with Gasteiger partial charge in [0.05, 0.1) is 33.6 Å². The van der Waals surface area contributed by atoms with Crippen LogP contribution in [0.5, 0.6) is 0 Å². The van der Waals surface area contributed by atoms with Gasteiger partial charge in [0.2, 0.25) is 0 Å². The molecule has 21 heteroatoms. The number of hydrogen-bond donors (Lipinski definition) is 6. The second kappa shape index (κ2) is 80.3. The molecule has 0 spiro atoms. The number of nitrogens with one attached hydrogen (secondary N) is 6. The minimum absolute atomic E-state index is 0.645. The lowest BCUT2D eigenvalue weighted by atomic mass is 10.1. The molecule has 8 rings (SSSR count). The summed E-state index contributed by atoms with van der Waals surface area (Å²) < 4.78 is 1.84. The first-order valence-electron chi connectivity index (χ1n) is 39.1. The fourth-order valence-electron chi connectivity index (χ4n) is 5.91. The maximum atomic E-state index is 4.17. The third-order valence-electron chi connectivity index (χ3n) is 8.66. The molecule has 6 N–H and O–H groups in total. The Labute approximate surface area is 655 Å². The van der Waals surface area contributed by atoms with Gasteiger partial charge in [0.1, 0.15) is 37.0 Å². The number of allylic oxidation sites excluding steroid dienone is 1. The van der Waals surface area contributed by atoms with Crippen molar-refractivity contribution in [1.82, 2.24) is 91.9 Å². The SMILES string of the molecule is CC(C)C.CC(C)C.CC(C)C.CC(C)C.CC(C)C.CC(C)C.CC(C)C.CC(C)C.CC(C)CC1=CNNN1.CC(C)Cc1cn[nH]n1.CC(C)Cc1cncs1.CC(C)Cc1cscn1.CC(C)Cc1nccs1.CC(C)Cc1ncn[nH]1.CC(C)Cc1ncn[nH]1.CC(C)Cn1cncn1. The molecule has 1 aliphatic heterocycles. The molecule has 8 heterocycles. The van der Waals surface area contributed by atoms with Crippen LogP contribution >= 0.6 is 34.0 Å².